The standard InChI is InChI=1S/C12H10BrClN4O/c13-8-2-1-3-9(5-8)17-12(19)7-4-10(14)11(18-15)16-6-7/h1-6H,15H2,(H,16,18)(H,17,19). The molecule has 5 nitrogen and oxygen atoms in total. The predicted molar refractivity (Wildman–Crippen MR) is 79.2 cm³/mol. The first kappa shape index (κ1) is 13.8. The van der Waals surface area contributed by atoms with Crippen LogP contribution < -0.4 is 16.6 Å². The van der Waals surface area contributed by atoms with Gasteiger partial charge in [-0.3, -0.25) is 4.79 Å². The van der Waals surface area contributed by atoms with Gasteiger partial charge >= 0.3 is 0 Å². The third kappa shape index (κ3) is 3.44. The molecule has 0 aliphatic rings. The van der Waals surface area contributed by atoms with E-state index in [0.717, 1.165) is 4.47 Å². The number of carbonyl (C=O) groups excluding carboxylic acids is 1. The fourth-order valence-corrected chi connectivity index (χ4v) is 2.06. The summed E-state index contributed by atoms with van der Waals surface area (Å²) in [7, 11) is 0. The number of nitrogens with zero attached hydrogens (tertiary/aromatic N) is 1. The number of amides is 1. The van der Waals surface area contributed by atoms with E-state index in [-0.39, 0.29) is 10.9 Å². The van der Waals surface area contributed by atoms with E-state index in [9.17, 15) is 4.79 Å². The molecule has 4 N–H and O–H groups in total. The molecule has 0 spiro atoms. The Morgan fingerprint density at radius 1 is 1.37 bits per heavy atom. The van der Waals surface area contributed by atoms with Crippen LogP contribution >= 0.6 is 27.5 Å². The Balaban J connectivity index is 2.18. The van der Waals surface area contributed by atoms with Crippen molar-refractivity contribution in [2.75, 3.05) is 10.7 Å². The summed E-state index contributed by atoms with van der Waals surface area (Å²) in [6, 6.07) is 8.77. The molecule has 0 aliphatic heterocycles. The van der Waals surface area contributed by atoms with Gasteiger partial charge in [0.25, 0.3) is 5.91 Å². The van der Waals surface area contributed by atoms with Gasteiger partial charge in [-0.2, -0.15) is 0 Å². The van der Waals surface area contributed by atoms with Crippen molar-refractivity contribution in [2.24, 2.45) is 5.84 Å². The summed E-state index contributed by atoms with van der Waals surface area (Å²) < 4.78 is 0.879. The van der Waals surface area contributed by atoms with Gasteiger partial charge in [0.2, 0.25) is 0 Å². The SMILES string of the molecule is NNc1ncc(C(=O)Nc2cccc(Br)c2)cc1Cl. The molecule has 7 heteroatoms. The largest absolute Gasteiger partial charge is 0.322 e. The van der Waals surface area contributed by atoms with Gasteiger partial charge in [0.1, 0.15) is 0 Å². The minimum absolute atomic E-state index is 0.282. The van der Waals surface area contributed by atoms with E-state index >= 15 is 0 Å². The lowest BCUT2D eigenvalue weighted by Gasteiger charge is -2.07. The first-order valence-electron chi connectivity index (χ1n) is 5.29. The van der Waals surface area contributed by atoms with Crippen molar-refractivity contribution in [3.05, 3.63) is 51.6 Å². The Hall–Kier alpha value is -1.63. The molecule has 1 aromatic carbocycles. The maximum atomic E-state index is 12.0. The Morgan fingerprint density at radius 3 is 2.79 bits per heavy atom. The summed E-state index contributed by atoms with van der Waals surface area (Å²) in [6.07, 6.45) is 1.40. The molecule has 0 bridgehead atoms. The second-order valence-corrected chi connectivity index (χ2v) is 4.99. The van der Waals surface area contributed by atoms with Crippen LogP contribution in [0.2, 0.25) is 5.02 Å². The van der Waals surface area contributed by atoms with Crippen molar-refractivity contribution in [1.82, 2.24) is 4.98 Å². The van der Waals surface area contributed by atoms with Crippen LogP contribution in [0.5, 0.6) is 0 Å². The van der Waals surface area contributed by atoms with Crippen LogP contribution in [0.25, 0.3) is 0 Å². The van der Waals surface area contributed by atoms with E-state index < -0.39 is 0 Å². The predicted octanol–water partition coefficient (Wildman–Crippen LogP) is 3.04. The summed E-state index contributed by atoms with van der Waals surface area (Å²) in [5.74, 6) is 5.24. The highest BCUT2D eigenvalue weighted by Gasteiger charge is 2.10. The van der Waals surface area contributed by atoms with Crippen LogP contribution in [-0.2, 0) is 0 Å². The van der Waals surface area contributed by atoms with Crippen LogP contribution in [-0.4, -0.2) is 10.9 Å². The fraction of sp³-hybridized carbons (Fsp3) is 0. The number of aromatic nitrogens is 1. The maximum Gasteiger partial charge on any atom is 0.257 e. The third-order valence-electron chi connectivity index (χ3n) is 2.32. The molecule has 0 saturated carbocycles. The zero-order chi connectivity index (χ0) is 13.8. The Labute approximate surface area is 123 Å². The number of benzene rings is 1. The molecule has 19 heavy (non-hydrogen) atoms. The van der Waals surface area contributed by atoms with Crippen LogP contribution in [0.4, 0.5) is 11.5 Å². The average molecular weight is 342 g/mol. The molecule has 1 heterocycles. The summed E-state index contributed by atoms with van der Waals surface area (Å²) >= 11 is 9.24. The first-order valence-corrected chi connectivity index (χ1v) is 6.46. The van der Waals surface area contributed by atoms with Gasteiger partial charge in [-0.15, -0.1) is 0 Å². The quantitative estimate of drug-likeness (QED) is 0.592. The molecule has 0 unspecified atom stereocenters. The monoisotopic (exact) mass is 340 g/mol. The first-order chi connectivity index (χ1) is 9.10. The highest BCUT2D eigenvalue weighted by molar-refractivity contribution is 9.10. The zero-order valence-electron chi connectivity index (χ0n) is 9.65. The molecule has 0 saturated heterocycles. The van der Waals surface area contributed by atoms with Crippen LogP contribution in [0.3, 0.4) is 0 Å². The number of hydrogen-bond donors (Lipinski definition) is 3. The number of anilines is 2. The molecule has 2 aromatic rings. The van der Waals surface area contributed by atoms with E-state index in [2.05, 4.69) is 31.7 Å². The van der Waals surface area contributed by atoms with Crippen molar-refractivity contribution in [3.63, 3.8) is 0 Å². The van der Waals surface area contributed by atoms with Crippen molar-refractivity contribution in [1.29, 1.82) is 0 Å². The number of nitrogen functional groups attached to an aromatic ring is 1. The Kier molecular flexibility index (Phi) is 4.36. The fourth-order valence-electron chi connectivity index (χ4n) is 1.44. The minimum atomic E-state index is -0.295. The zero-order valence-corrected chi connectivity index (χ0v) is 12.0. The molecule has 0 atom stereocenters. The number of rotatable bonds is 3. The van der Waals surface area contributed by atoms with Gasteiger partial charge < -0.3 is 10.7 Å². The molecular formula is C12H10BrClN4O. The summed E-state index contributed by atoms with van der Waals surface area (Å²) in [5.41, 5.74) is 3.37. The summed E-state index contributed by atoms with van der Waals surface area (Å²) in [6.45, 7) is 0. The van der Waals surface area contributed by atoms with Gasteiger partial charge in [0.05, 0.1) is 10.6 Å². The summed E-state index contributed by atoms with van der Waals surface area (Å²) in [4.78, 5) is 15.9. The van der Waals surface area contributed by atoms with Crippen LogP contribution in [0.1, 0.15) is 10.4 Å². The molecule has 98 valence electrons. The van der Waals surface area contributed by atoms with E-state index in [1.54, 1.807) is 12.1 Å². The minimum Gasteiger partial charge on any atom is -0.322 e. The van der Waals surface area contributed by atoms with E-state index in [1.807, 2.05) is 12.1 Å². The molecule has 1 aromatic heterocycles. The number of hydrogen-bond acceptors (Lipinski definition) is 4. The van der Waals surface area contributed by atoms with Gasteiger partial charge in [0.15, 0.2) is 5.82 Å². The molecule has 0 aliphatic carbocycles. The number of pyridine rings is 1. The molecule has 2 rings (SSSR count). The third-order valence-corrected chi connectivity index (χ3v) is 3.10. The number of nitrogens with two attached hydrogens (primary N) is 1. The number of carbonyl (C=O) groups is 1. The van der Waals surface area contributed by atoms with Crippen molar-refractivity contribution < 1.29 is 4.79 Å². The van der Waals surface area contributed by atoms with Crippen LogP contribution in [0, 0.1) is 0 Å². The van der Waals surface area contributed by atoms with E-state index in [0.29, 0.717) is 17.1 Å². The lowest BCUT2D eigenvalue weighted by Crippen LogP contribution is -2.14. The molecule has 1 amide bonds. The van der Waals surface area contributed by atoms with Gasteiger partial charge in [-0.25, -0.2) is 10.8 Å². The average Bonchev–Trinajstić information content (AvgIpc) is 2.38. The Bertz CT molecular complexity index is 620. The lowest BCUT2D eigenvalue weighted by molar-refractivity contribution is 0.102. The number of hydrazine groups is 1. The van der Waals surface area contributed by atoms with E-state index in [4.69, 9.17) is 17.4 Å². The van der Waals surface area contributed by atoms with Crippen molar-refractivity contribution >= 4 is 44.9 Å². The van der Waals surface area contributed by atoms with Gasteiger partial charge in [-0.1, -0.05) is 33.6 Å². The van der Waals surface area contributed by atoms with Gasteiger partial charge in [0, 0.05) is 16.4 Å². The normalized spacial score (nSPS) is 10.1. The van der Waals surface area contributed by atoms with E-state index in [1.165, 1.54) is 12.3 Å². The highest BCUT2D eigenvalue weighted by Crippen LogP contribution is 2.20. The molecule has 0 radical (unpaired) electrons. The summed E-state index contributed by atoms with van der Waals surface area (Å²) in [5, 5.41) is 3.03. The number of nitrogens with one attached hydrogen (secondary N) is 2. The molecular weight excluding hydrogens is 332 g/mol. The topological polar surface area (TPSA) is 80.0 Å². The second kappa shape index (κ2) is 6.01. The Morgan fingerprint density at radius 2 is 2.16 bits per heavy atom. The smallest absolute Gasteiger partial charge is 0.257 e. The maximum absolute atomic E-state index is 12.0. The second-order valence-electron chi connectivity index (χ2n) is 3.66. The number of halogens is 2. The van der Waals surface area contributed by atoms with Crippen molar-refractivity contribution in [3.8, 4) is 0 Å². The van der Waals surface area contributed by atoms with Gasteiger partial charge in [-0.05, 0) is 24.3 Å². The lowest BCUT2D eigenvalue weighted by atomic mass is 10.2. The van der Waals surface area contributed by atoms with Crippen molar-refractivity contribution in [2.45, 2.75) is 0 Å². The highest BCUT2D eigenvalue weighted by atomic mass is 79.9. The molecule has 0 fully saturated rings. The van der Waals surface area contributed by atoms with Crippen LogP contribution in [0.15, 0.2) is 41.0 Å².